The number of hydrogen-bond acceptors (Lipinski definition) is 2. The molecule has 0 fully saturated rings. The standard InChI is InChI=1S/C18H15ClN2O2/c1-21-11-14(17(22)13-8-5-9-15(19)16(13)21)18(23)20-10-12-6-3-2-4-7-12/h2-9,11H,10H2,1H3,(H,20,23). The largest absolute Gasteiger partial charge is 0.348 e. The Balaban J connectivity index is 1.95. The maximum atomic E-state index is 12.6. The van der Waals surface area contributed by atoms with E-state index in [1.807, 2.05) is 30.3 Å². The van der Waals surface area contributed by atoms with Gasteiger partial charge in [-0.2, -0.15) is 0 Å². The SMILES string of the molecule is Cn1cc(C(=O)NCc2ccccc2)c(=O)c2cccc(Cl)c21. The number of rotatable bonds is 3. The molecule has 1 N–H and O–H groups in total. The average molecular weight is 327 g/mol. The minimum Gasteiger partial charge on any atom is -0.348 e. The Hall–Kier alpha value is -2.59. The molecule has 0 bridgehead atoms. The van der Waals surface area contributed by atoms with Crippen molar-refractivity contribution in [1.29, 1.82) is 0 Å². The van der Waals surface area contributed by atoms with Crippen LogP contribution in [0.1, 0.15) is 15.9 Å². The average Bonchev–Trinajstić information content (AvgIpc) is 2.56. The van der Waals surface area contributed by atoms with Gasteiger partial charge in [0.2, 0.25) is 5.43 Å². The fraction of sp³-hybridized carbons (Fsp3) is 0.111. The molecule has 0 spiro atoms. The molecule has 0 saturated carbocycles. The predicted octanol–water partition coefficient (Wildman–Crippen LogP) is 3.12. The van der Waals surface area contributed by atoms with E-state index in [-0.39, 0.29) is 11.0 Å². The summed E-state index contributed by atoms with van der Waals surface area (Å²) in [6, 6.07) is 14.6. The maximum Gasteiger partial charge on any atom is 0.257 e. The minimum atomic E-state index is -0.392. The van der Waals surface area contributed by atoms with Crippen LogP contribution in [-0.4, -0.2) is 10.5 Å². The van der Waals surface area contributed by atoms with Crippen molar-refractivity contribution in [2.24, 2.45) is 7.05 Å². The van der Waals surface area contributed by atoms with E-state index in [1.54, 1.807) is 29.8 Å². The second kappa shape index (κ2) is 6.26. The fourth-order valence-corrected chi connectivity index (χ4v) is 2.86. The van der Waals surface area contributed by atoms with Crippen LogP contribution < -0.4 is 10.7 Å². The monoisotopic (exact) mass is 326 g/mol. The third-order valence-corrected chi connectivity index (χ3v) is 4.00. The third-order valence-electron chi connectivity index (χ3n) is 3.69. The molecule has 1 amide bonds. The maximum absolute atomic E-state index is 12.6. The van der Waals surface area contributed by atoms with Gasteiger partial charge in [0, 0.05) is 25.2 Å². The van der Waals surface area contributed by atoms with Crippen molar-refractivity contribution >= 4 is 28.4 Å². The lowest BCUT2D eigenvalue weighted by Crippen LogP contribution is -2.29. The summed E-state index contributed by atoms with van der Waals surface area (Å²) in [7, 11) is 1.77. The summed E-state index contributed by atoms with van der Waals surface area (Å²) in [6.45, 7) is 0.371. The smallest absolute Gasteiger partial charge is 0.257 e. The number of pyridine rings is 1. The molecular formula is C18H15ClN2O2. The molecule has 0 saturated heterocycles. The lowest BCUT2D eigenvalue weighted by Gasteiger charge is -2.10. The Morgan fingerprint density at radius 1 is 1.13 bits per heavy atom. The molecule has 0 aliphatic rings. The highest BCUT2D eigenvalue weighted by molar-refractivity contribution is 6.35. The quantitative estimate of drug-likeness (QED) is 0.804. The lowest BCUT2D eigenvalue weighted by molar-refractivity contribution is 0.0949. The Labute approximate surface area is 138 Å². The van der Waals surface area contributed by atoms with Crippen LogP contribution in [0.3, 0.4) is 0 Å². The number of fused-ring (bicyclic) bond motifs is 1. The van der Waals surface area contributed by atoms with Crippen LogP contribution >= 0.6 is 11.6 Å². The van der Waals surface area contributed by atoms with Crippen molar-refractivity contribution in [2.75, 3.05) is 0 Å². The van der Waals surface area contributed by atoms with Crippen molar-refractivity contribution in [2.45, 2.75) is 6.54 Å². The van der Waals surface area contributed by atoms with Crippen molar-refractivity contribution in [3.8, 4) is 0 Å². The van der Waals surface area contributed by atoms with Gasteiger partial charge in [-0.15, -0.1) is 0 Å². The van der Waals surface area contributed by atoms with Crippen molar-refractivity contribution in [1.82, 2.24) is 9.88 Å². The molecule has 4 nitrogen and oxygen atoms in total. The summed E-state index contributed by atoms with van der Waals surface area (Å²) in [5.74, 6) is -0.392. The molecule has 5 heteroatoms. The minimum absolute atomic E-state index is 0.109. The van der Waals surface area contributed by atoms with E-state index in [4.69, 9.17) is 11.6 Å². The molecule has 2 aromatic carbocycles. The van der Waals surface area contributed by atoms with E-state index in [9.17, 15) is 9.59 Å². The van der Waals surface area contributed by atoms with Gasteiger partial charge in [0.15, 0.2) is 0 Å². The molecule has 3 rings (SSSR count). The van der Waals surface area contributed by atoms with Crippen molar-refractivity contribution in [3.63, 3.8) is 0 Å². The van der Waals surface area contributed by atoms with E-state index in [2.05, 4.69) is 5.32 Å². The Morgan fingerprint density at radius 2 is 1.87 bits per heavy atom. The molecule has 0 aliphatic heterocycles. The summed E-state index contributed by atoms with van der Waals surface area (Å²) in [5, 5.41) is 3.70. The highest BCUT2D eigenvalue weighted by Gasteiger charge is 2.15. The lowest BCUT2D eigenvalue weighted by atomic mass is 10.1. The molecule has 0 radical (unpaired) electrons. The number of benzene rings is 2. The number of hydrogen-bond donors (Lipinski definition) is 1. The number of nitrogens with zero attached hydrogens (tertiary/aromatic N) is 1. The van der Waals surface area contributed by atoms with Crippen LogP contribution in [0.4, 0.5) is 0 Å². The topological polar surface area (TPSA) is 51.1 Å². The summed E-state index contributed by atoms with van der Waals surface area (Å²) in [6.07, 6.45) is 1.52. The highest BCUT2D eigenvalue weighted by atomic mass is 35.5. The molecule has 0 atom stereocenters. The fourth-order valence-electron chi connectivity index (χ4n) is 2.55. The molecule has 0 unspecified atom stereocenters. The van der Waals surface area contributed by atoms with E-state index in [0.29, 0.717) is 22.5 Å². The summed E-state index contributed by atoms with van der Waals surface area (Å²) in [4.78, 5) is 24.9. The highest BCUT2D eigenvalue weighted by Crippen LogP contribution is 2.20. The van der Waals surface area contributed by atoms with Gasteiger partial charge in [-0.1, -0.05) is 48.0 Å². The Kier molecular flexibility index (Phi) is 4.17. The second-order valence-electron chi connectivity index (χ2n) is 5.29. The van der Waals surface area contributed by atoms with Gasteiger partial charge in [-0.05, 0) is 17.7 Å². The number of aromatic nitrogens is 1. The number of para-hydroxylation sites is 1. The molecule has 3 aromatic rings. The zero-order valence-electron chi connectivity index (χ0n) is 12.5. The number of amides is 1. The van der Waals surface area contributed by atoms with Gasteiger partial charge < -0.3 is 9.88 Å². The van der Waals surface area contributed by atoms with E-state index < -0.39 is 5.91 Å². The first kappa shape index (κ1) is 15.3. The molecule has 23 heavy (non-hydrogen) atoms. The number of carbonyl (C=O) groups excluding carboxylic acids is 1. The van der Waals surface area contributed by atoms with E-state index in [0.717, 1.165) is 5.56 Å². The Morgan fingerprint density at radius 3 is 2.61 bits per heavy atom. The van der Waals surface area contributed by atoms with Crippen molar-refractivity contribution in [3.05, 3.63) is 81.1 Å². The van der Waals surface area contributed by atoms with Gasteiger partial charge in [-0.25, -0.2) is 0 Å². The Bertz CT molecular complexity index is 933. The first-order valence-corrected chi connectivity index (χ1v) is 7.55. The predicted molar refractivity (Wildman–Crippen MR) is 91.8 cm³/mol. The van der Waals surface area contributed by atoms with Gasteiger partial charge in [0.1, 0.15) is 5.56 Å². The molecule has 1 heterocycles. The van der Waals surface area contributed by atoms with Crippen LogP contribution in [0.5, 0.6) is 0 Å². The normalized spacial score (nSPS) is 10.7. The molecule has 116 valence electrons. The number of nitrogens with one attached hydrogen (secondary N) is 1. The number of halogens is 1. The third kappa shape index (κ3) is 2.98. The van der Waals surface area contributed by atoms with Gasteiger partial charge in [-0.3, -0.25) is 9.59 Å². The summed E-state index contributed by atoms with van der Waals surface area (Å²) < 4.78 is 1.70. The van der Waals surface area contributed by atoms with Crippen LogP contribution in [0.25, 0.3) is 10.9 Å². The van der Waals surface area contributed by atoms with E-state index in [1.165, 1.54) is 6.20 Å². The summed E-state index contributed by atoms with van der Waals surface area (Å²) in [5.41, 5.74) is 1.39. The number of carbonyl (C=O) groups is 1. The van der Waals surface area contributed by atoms with Crippen LogP contribution in [0, 0.1) is 0 Å². The van der Waals surface area contributed by atoms with E-state index >= 15 is 0 Å². The van der Waals surface area contributed by atoms with Gasteiger partial charge >= 0.3 is 0 Å². The molecule has 1 aromatic heterocycles. The number of aryl methyl sites for hydroxylation is 1. The zero-order valence-corrected chi connectivity index (χ0v) is 13.3. The molecule has 0 aliphatic carbocycles. The van der Waals surface area contributed by atoms with Crippen molar-refractivity contribution < 1.29 is 4.79 Å². The first-order valence-electron chi connectivity index (χ1n) is 7.18. The van der Waals surface area contributed by atoms with Crippen LogP contribution in [0.15, 0.2) is 59.5 Å². The second-order valence-corrected chi connectivity index (χ2v) is 5.69. The van der Waals surface area contributed by atoms with Gasteiger partial charge in [0.05, 0.1) is 10.5 Å². The summed E-state index contributed by atoms with van der Waals surface area (Å²) >= 11 is 6.15. The van der Waals surface area contributed by atoms with Crippen LogP contribution in [-0.2, 0) is 13.6 Å². The first-order chi connectivity index (χ1) is 11.1. The zero-order chi connectivity index (χ0) is 16.4. The van der Waals surface area contributed by atoms with Crippen LogP contribution in [0.2, 0.25) is 5.02 Å². The molecular weight excluding hydrogens is 312 g/mol. The van der Waals surface area contributed by atoms with Gasteiger partial charge in [0.25, 0.3) is 5.91 Å².